The van der Waals surface area contributed by atoms with Gasteiger partial charge in [-0.1, -0.05) is 19.9 Å². The first kappa shape index (κ1) is 21.1. The summed E-state index contributed by atoms with van der Waals surface area (Å²) in [5.74, 6) is -1.62. The van der Waals surface area contributed by atoms with Gasteiger partial charge in [-0.15, -0.1) is 0 Å². The van der Waals surface area contributed by atoms with E-state index < -0.39 is 17.7 Å². The van der Waals surface area contributed by atoms with Crippen LogP contribution < -0.4 is 9.80 Å². The molecule has 0 bridgehead atoms. The predicted octanol–water partition coefficient (Wildman–Crippen LogP) is 2.96. The number of pyridine rings is 1. The topological polar surface area (TPSA) is 77.0 Å². The fraction of sp³-hybridized carbons (Fsp3) is 0.375. The van der Waals surface area contributed by atoms with Crippen molar-refractivity contribution >= 4 is 23.1 Å². The van der Waals surface area contributed by atoms with E-state index in [1.54, 1.807) is 32.3 Å². The molecule has 2 aromatic rings. The predicted molar refractivity (Wildman–Crippen MR) is 120 cm³/mol. The minimum absolute atomic E-state index is 0.135. The van der Waals surface area contributed by atoms with Crippen LogP contribution in [-0.2, 0) is 9.59 Å². The van der Waals surface area contributed by atoms with E-state index in [4.69, 9.17) is 0 Å². The van der Waals surface area contributed by atoms with Gasteiger partial charge in [0.2, 0.25) is 0 Å². The van der Waals surface area contributed by atoms with Gasteiger partial charge in [0, 0.05) is 55.9 Å². The van der Waals surface area contributed by atoms with E-state index in [1.165, 1.54) is 4.90 Å². The van der Waals surface area contributed by atoms with Gasteiger partial charge in [0.05, 0.1) is 11.6 Å². The summed E-state index contributed by atoms with van der Waals surface area (Å²) < 4.78 is 0. The SMILES string of the molecule is CC(C)C(=O)C1=C(O)C(=O)N(c2ccc(N3CCN(C)CC3)cc2)C1c1cccnc1. The molecule has 1 amide bonds. The Balaban J connectivity index is 1.69. The van der Waals surface area contributed by atoms with Gasteiger partial charge in [-0.2, -0.15) is 0 Å². The minimum atomic E-state index is -0.703. The van der Waals surface area contributed by atoms with Gasteiger partial charge in [0.15, 0.2) is 11.5 Å². The summed E-state index contributed by atoms with van der Waals surface area (Å²) in [6.07, 6.45) is 3.28. The van der Waals surface area contributed by atoms with E-state index in [-0.39, 0.29) is 17.3 Å². The van der Waals surface area contributed by atoms with Crippen LogP contribution in [0.4, 0.5) is 11.4 Å². The van der Waals surface area contributed by atoms with Gasteiger partial charge >= 0.3 is 0 Å². The van der Waals surface area contributed by atoms with Crippen molar-refractivity contribution in [3.63, 3.8) is 0 Å². The lowest BCUT2D eigenvalue weighted by Gasteiger charge is -2.34. The number of hydrogen-bond acceptors (Lipinski definition) is 6. The first-order valence-electron chi connectivity index (χ1n) is 10.6. The van der Waals surface area contributed by atoms with E-state index in [1.807, 2.05) is 30.3 Å². The molecule has 0 spiro atoms. The highest BCUT2D eigenvalue weighted by molar-refractivity contribution is 6.16. The highest BCUT2D eigenvalue weighted by atomic mass is 16.3. The summed E-state index contributed by atoms with van der Waals surface area (Å²) in [5, 5.41) is 10.7. The molecule has 7 nitrogen and oxygen atoms in total. The van der Waals surface area contributed by atoms with Crippen molar-refractivity contribution in [1.82, 2.24) is 9.88 Å². The monoisotopic (exact) mass is 420 g/mol. The maximum absolute atomic E-state index is 13.1. The number of nitrogens with zero attached hydrogens (tertiary/aromatic N) is 4. The number of aromatic nitrogens is 1. The molecule has 1 atom stereocenters. The van der Waals surface area contributed by atoms with Crippen LogP contribution in [0.2, 0.25) is 0 Å². The second-order valence-corrected chi connectivity index (χ2v) is 8.45. The zero-order valence-corrected chi connectivity index (χ0v) is 18.2. The normalized spacial score (nSPS) is 20.1. The number of carbonyl (C=O) groups is 2. The van der Waals surface area contributed by atoms with Crippen LogP contribution in [0, 0.1) is 5.92 Å². The van der Waals surface area contributed by atoms with Crippen LogP contribution in [0.5, 0.6) is 0 Å². The fourth-order valence-corrected chi connectivity index (χ4v) is 4.18. The third kappa shape index (κ3) is 3.93. The Morgan fingerprint density at radius 2 is 1.71 bits per heavy atom. The number of piperazine rings is 1. The molecular formula is C24H28N4O3. The van der Waals surface area contributed by atoms with Crippen LogP contribution in [0.25, 0.3) is 0 Å². The Kier molecular flexibility index (Phi) is 5.78. The van der Waals surface area contributed by atoms with Gasteiger partial charge in [-0.25, -0.2) is 0 Å². The number of aliphatic hydroxyl groups excluding tert-OH is 1. The second kappa shape index (κ2) is 8.51. The Morgan fingerprint density at radius 1 is 1.06 bits per heavy atom. The van der Waals surface area contributed by atoms with Crippen molar-refractivity contribution in [2.45, 2.75) is 19.9 Å². The molecule has 0 aliphatic carbocycles. The summed E-state index contributed by atoms with van der Waals surface area (Å²) in [6.45, 7) is 7.45. The number of likely N-dealkylation sites (N-methyl/N-ethyl adjacent to an activating group) is 1. The Hall–Kier alpha value is -3.19. The smallest absolute Gasteiger partial charge is 0.294 e. The maximum Gasteiger partial charge on any atom is 0.294 e. The number of ketones is 1. The quantitative estimate of drug-likeness (QED) is 0.802. The molecule has 1 aromatic carbocycles. The lowest BCUT2D eigenvalue weighted by Crippen LogP contribution is -2.44. The average Bonchev–Trinajstić information content (AvgIpc) is 3.05. The molecule has 1 saturated heterocycles. The third-order valence-electron chi connectivity index (χ3n) is 5.99. The highest BCUT2D eigenvalue weighted by Crippen LogP contribution is 2.41. The molecule has 162 valence electrons. The van der Waals surface area contributed by atoms with E-state index in [2.05, 4.69) is 21.8 Å². The molecule has 0 radical (unpaired) electrons. The van der Waals surface area contributed by atoms with E-state index in [0.29, 0.717) is 11.3 Å². The third-order valence-corrected chi connectivity index (χ3v) is 5.99. The zero-order valence-electron chi connectivity index (χ0n) is 18.2. The lowest BCUT2D eigenvalue weighted by molar-refractivity contribution is -0.119. The molecule has 3 heterocycles. The van der Waals surface area contributed by atoms with Gasteiger partial charge in [0.1, 0.15) is 0 Å². The van der Waals surface area contributed by atoms with Crippen molar-refractivity contribution in [2.24, 2.45) is 5.92 Å². The highest BCUT2D eigenvalue weighted by Gasteiger charge is 2.44. The second-order valence-electron chi connectivity index (χ2n) is 8.45. The number of rotatable bonds is 5. The number of Topliss-reactive ketones (excluding diaryl/α,β-unsaturated/α-hetero) is 1. The summed E-state index contributed by atoms with van der Waals surface area (Å²) in [4.78, 5) is 36.3. The molecule has 2 aliphatic rings. The zero-order chi connectivity index (χ0) is 22.1. The maximum atomic E-state index is 13.1. The van der Waals surface area contributed by atoms with Gasteiger partial charge in [-0.05, 0) is 42.9 Å². The Morgan fingerprint density at radius 3 is 2.29 bits per heavy atom. The van der Waals surface area contributed by atoms with Crippen LogP contribution in [0.15, 0.2) is 60.1 Å². The van der Waals surface area contributed by atoms with Crippen molar-refractivity contribution in [3.8, 4) is 0 Å². The lowest BCUT2D eigenvalue weighted by atomic mass is 9.92. The first-order chi connectivity index (χ1) is 14.9. The molecular weight excluding hydrogens is 392 g/mol. The average molecular weight is 421 g/mol. The Labute approximate surface area is 182 Å². The largest absolute Gasteiger partial charge is 0.503 e. The van der Waals surface area contributed by atoms with Crippen molar-refractivity contribution < 1.29 is 14.7 Å². The molecule has 1 N–H and O–H groups in total. The summed E-state index contributed by atoms with van der Waals surface area (Å²) in [6, 6.07) is 10.6. The first-order valence-corrected chi connectivity index (χ1v) is 10.6. The summed E-state index contributed by atoms with van der Waals surface area (Å²) in [7, 11) is 2.12. The number of hydrogen-bond donors (Lipinski definition) is 1. The van der Waals surface area contributed by atoms with E-state index in [0.717, 1.165) is 31.9 Å². The molecule has 4 rings (SSSR count). The van der Waals surface area contributed by atoms with Crippen molar-refractivity contribution in [3.05, 3.63) is 65.7 Å². The molecule has 7 heteroatoms. The Bertz CT molecular complexity index is 993. The molecule has 2 aliphatic heterocycles. The van der Waals surface area contributed by atoms with Gasteiger partial charge in [-0.3, -0.25) is 19.5 Å². The summed E-state index contributed by atoms with van der Waals surface area (Å²) >= 11 is 0. The van der Waals surface area contributed by atoms with Crippen LogP contribution in [0.3, 0.4) is 0 Å². The number of benzene rings is 1. The van der Waals surface area contributed by atoms with E-state index >= 15 is 0 Å². The van der Waals surface area contributed by atoms with Crippen LogP contribution >= 0.6 is 0 Å². The standard InChI is InChI=1S/C24H28N4O3/c1-16(2)22(29)20-21(17-5-4-10-25-15-17)28(24(31)23(20)30)19-8-6-18(7-9-19)27-13-11-26(3)12-14-27/h4-10,15-16,21,30H,11-14H2,1-3H3. The number of anilines is 2. The molecule has 0 saturated carbocycles. The molecule has 1 unspecified atom stereocenters. The molecule has 1 aromatic heterocycles. The van der Waals surface area contributed by atoms with Gasteiger partial charge < -0.3 is 14.9 Å². The minimum Gasteiger partial charge on any atom is -0.503 e. The van der Waals surface area contributed by atoms with Gasteiger partial charge in [0.25, 0.3) is 5.91 Å². The van der Waals surface area contributed by atoms with Crippen molar-refractivity contribution in [1.29, 1.82) is 0 Å². The van der Waals surface area contributed by atoms with E-state index in [9.17, 15) is 14.7 Å². The van der Waals surface area contributed by atoms with Crippen LogP contribution in [-0.4, -0.2) is 59.9 Å². The number of carbonyl (C=O) groups excluding carboxylic acids is 2. The molecule has 1 fully saturated rings. The van der Waals surface area contributed by atoms with Crippen molar-refractivity contribution in [2.75, 3.05) is 43.0 Å². The summed E-state index contributed by atoms with van der Waals surface area (Å²) in [5.41, 5.74) is 2.55. The van der Waals surface area contributed by atoms with Crippen LogP contribution in [0.1, 0.15) is 25.5 Å². The fourth-order valence-electron chi connectivity index (χ4n) is 4.18. The molecule has 31 heavy (non-hydrogen) atoms. The number of amides is 1. The number of aliphatic hydroxyl groups is 1.